The third kappa shape index (κ3) is 4.31. The van der Waals surface area contributed by atoms with E-state index in [-0.39, 0.29) is 18.0 Å². The van der Waals surface area contributed by atoms with E-state index in [1.54, 1.807) is 6.92 Å². The van der Waals surface area contributed by atoms with Crippen LogP contribution in [-0.2, 0) is 14.8 Å². The summed E-state index contributed by atoms with van der Waals surface area (Å²) < 4.78 is 29.6. The number of carbonyl (C=O) groups is 1. The maximum atomic E-state index is 11.6. The minimum atomic E-state index is -3.47. The van der Waals surface area contributed by atoms with Gasteiger partial charge in [0.15, 0.2) is 5.69 Å². The number of rotatable bonds is 4. The molecule has 0 radical (unpaired) electrons. The summed E-state index contributed by atoms with van der Waals surface area (Å²) in [6.45, 7) is 1.84. The van der Waals surface area contributed by atoms with Crippen molar-refractivity contribution in [1.29, 1.82) is 0 Å². The second kappa shape index (κ2) is 5.46. The molecule has 1 heterocycles. The van der Waals surface area contributed by atoms with Crippen LogP contribution in [0.3, 0.4) is 0 Å². The molecule has 1 rings (SSSR count). The van der Waals surface area contributed by atoms with Gasteiger partial charge in [0.05, 0.1) is 18.6 Å². The molecule has 0 amide bonds. The van der Waals surface area contributed by atoms with Gasteiger partial charge in [-0.3, -0.25) is 4.72 Å². The molecule has 1 N–H and O–H groups in total. The highest BCUT2D eigenvalue weighted by Gasteiger charge is 2.17. The topological polar surface area (TPSA) is 85.4 Å². The number of carbonyl (C=O) groups excluding carboxylic acids is 1. The smallest absolute Gasteiger partial charge is 0.359 e. The molecule has 0 aromatic carbocycles. The van der Waals surface area contributed by atoms with Gasteiger partial charge >= 0.3 is 5.97 Å². The largest absolute Gasteiger partial charge is 0.461 e. The first-order chi connectivity index (χ1) is 7.83. The molecule has 0 bridgehead atoms. The number of aromatic nitrogens is 1. The number of nitrogens with zero attached hydrogens (tertiary/aromatic N) is 1. The van der Waals surface area contributed by atoms with E-state index in [2.05, 4.69) is 25.6 Å². The Labute approximate surface area is 108 Å². The minimum absolute atomic E-state index is 0.0772. The minimum Gasteiger partial charge on any atom is -0.461 e. The van der Waals surface area contributed by atoms with Gasteiger partial charge in [-0.1, -0.05) is 0 Å². The van der Waals surface area contributed by atoms with E-state index in [1.165, 1.54) is 12.1 Å². The molecule has 0 saturated heterocycles. The van der Waals surface area contributed by atoms with E-state index in [9.17, 15) is 13.2 Å². The molecule has 6 nitrogen and oxygen atoms in total. The Kier molecular flexibility index (Phi) is 4.47. The van der Waals surface area contributed by atoms with Gasteiger partial charge in [0, 0.05) is 0 Å². The second-order valence-corrected chi connectivity index (χ2v) is 5.69. The highest BCUT2D eigenvalue weighted by atomic mass is 79.9. The lowest BCUT2D eigenvalue weighted by atomic mass is 10.3. The molecule has 17 heavy (non-hydrogen) atoms. The fourth-order valence-electron chi connectivity index (χ4n) is 1.07. The van der Waals surface area contributed by atoms with Gasteiger partial charge in [-0.05, 0) is 35.0 Å². The zero-order valence-corrected chi connectivity index (χ0v) is 11.6. The van der Waals surface area contributed by atoms with Crippen LogP contribution in [0.5, 0.6) is 0 Å². The fraction of sp³-hybridized carbons (Fsp3) is 0.333. The zero-order chi connectivity index (χ0) is 13.1. The number of pyridine rings is 1. The predicted octanol–water partition coefficient (Wildman–Crippen LogP) is 1.39. The van der Waals surface area contributed by atoms with Crippen molar-refractivity contribution in [3.63, 3.8) is 0 Å². The summed E-state index contributed by atoms with van der Waals surface area (Å²) in [6.07, 6.45) is 0.990. The van der Waals surface area contributed by atoms with Gasteiger partial charge < -0.3 is 4.74 Å². The van der Waals surface area contributed by atoms with Crippen molar-refractivity contribution in [1.82, 2.24) is 4.98 Å². The maximum absolute atomic E-state index is 11.6. The van der Waals surface area contributed by atoms with E-state index < -0.39 is 16.0 Å². The number of hydrogen-bond donors (Lipinski definition) is 1. The molecule has 1 aromatic rings. The van der Waals surface area contributed by atoms with Gasteiger partial charge in [0.25, 0.3) is 0 Å². The van der Waals surface area contributed by atoms with Crippen LogP contribution in [0.1, 0.15) is 17.4 Å². The van der Waals surface area contributed by atoms with E-state index in [1.807, 2.05) is 0 Å². The van der Waals surface area contributed by atoms with E-state index >= 15 is 0 Å². The normalized spacial score (nSPS) is 11.0. The van der Waals surface area contributed by atoms with Crippen molar-refractivity contribution in [2.45, 2.75) is 6.92 Å². The molecule has 0 aliphatic carbocycles. The number of ether oxygens (including phenoxy) is 1. The fourth-order valence-corrected chi connectivity index (χ4v) is 1.95. The van der Waals surface area contributed by atoms with Crippen LogP contribution in [0.2, 0.25) is 0 Å². The molecular formula is C9H11BrN2O4S. The summed E-state index contributed by atoms with van der Waals surface area (Å²) in [4.78, 5) is 15.5. The Balaban J connectivity index is 3.17. The SMILES string of the molecule is CCOC(=O)c1nc(Br)ccc1NS(C)(=O)=O. The molecular weight excluding hydrogens is 312 g/mol. The number of hydrogen-bond acceptors (Lipinski definition) is 5. The Morgan fingerprint density at radius 1 is 1.53 bits per heavy atom. The Hall–Kier alpha value is -1.15. The number of sulfonamides is 1. The second-order valence-electron chi connectivity index (χ2n) is 3.12. The van der Waals surface area contributed by atoms with Crippen molar-refractivity contribution < 1.29 is 17.9 Å². The van der Waals surface area contributed by atoms with E-state index in [4.69, 9.17) is 4.74 Å². The van der Waals surface area contributed by atoms with Crippen molar-refractivity contribution in [3.8, 4) is 0 Å². The number of esters is 1. The van der Waals surface area contributed by atoms with Crippen LogP contribution < -0.4 is 4.72 Å². The van der Waals surface area contributed by atoms with Crippen LogP contribution in [0.4, 0.5) is 5.69 Å². The predicted molar refractivity (Wildman–Crippen MR) is 66.4 cm³/mol. The van der Waals surface area contributed by atoms with Crippen LogP contribution >= 0.6 is 15.9 Å². The number of anilines is 1. The van der Waals surface area contributed by atoms with Crippen molar-refractivity contribution in [3.05, 3.63) is 22.4 Å². The van der Waals surface area contributed by atoms with Crippen LogP contribution in [0, 0.1) is 0 Å². The molecule has 94 valence electrons. The van der Waals surface area contributed by atoms with Crippen LogP contribution in [0.15, 0.2) is 16.7 Å². The lowest BCUT2D eigenvalue weighted by Crippen LogP contribution is -2.16. The van der Waals surface area contributed by atoms with Gasteiger partial charge in [-0.25, -0.2) is 18.2 Å². The summed E-state index contributed by atoms with van der Waals surface area (Å²) in [5.74, 6) is -0.681. The summed E-state index contributed by atoms with van der Waals surface area (Å²) in [5.41, 5.74) is 0.0146. The van der Waals surface area contributed by atoms with Crippen molar-refractivity contribution in [2.24, 2.45) is 0 Å². The number of nitrogens with one attached hydrogen (secondary N) is 1. The quantitative estimate of drug-likeness (QED) is 0.668. The molecule has 0 atom stereocenters. The number of halogens is 1. The monoisotopic (exact) mass is 322 g/mol. The summed E-state index contributed by atoms with van der Waals surface area (Å²) >= 11 is 3.10. The first-order valence-electron chi connectivity index (χ1n) is 4.65. The summed E-state index contributed by atoms with van der Waals surface area (Å²) in [7, 11) is -3.47. The lowest BCUT2D eigenvalue weighted by Gasteiger charge is -2.09. The third-order valence-electron chi connectivity index (χ3n) is 1.63. The van der Waals surface area contributed by atoms with E-state index in [0.717, 1.165) is 6.26 Å². The van der Waals surface area contributed by atoms with Crippen molar-refractivity contribution >= 4 is 37.6 Å². The van der Waals surface area contributed by atoms with Gasteiger partial charge in [-0.15, -0.1) is 0 Å². The molecule has 0 aliphatic rings. The summed E-state index contributed by atoms with van der Waals surface area (Å²) in [6, 6.07) is 2.96. The highest BCUT2D eigenvalue weighted by Crippen LogP contribution is 2.19. The maximum Gasteiger partial charge on any atom is 0.359 e. The van der Waals surface area contributed by atoms with Gasteiger partial charge in [-0.2, -0.15) is 0 Å². The molecule has 0 saturated carbocycles. The first-order valence-corrected chi connectivity index (χ1v) is 7.33. The Morgan fingerprint density at radius 3 is 2.71 bits per heavy atom. The van der Waals surface area contributed by atoms with Gasteiger partial charge in [0.2, 0.25) is 10.0 Å². The zero-order valence-electron chi connectivity index (χ0n) is 9.23. The molecule has 0 aliphatic heterocycles. The first kappa shape index (κ1) is 13.9. The molecule has 0 unspecified atom stereocenters. The molecule has 8 heteroatoms. The van der Waals surface area contributed by atoms with Gasteiger partial charge in [0.1, 0.15) is 4.60 Å². The Morgan fingerprint density at radius 2 is 2.18 bits per heavy atom. The summed E-state index contributed by atoms with van der Waals surface area (Å²) in [5, 5.41) is 0. The highest BCUT2D eigenvalue weighted by molar-refractivity contribution is 9.10. The average molecular weight is 323 g/mol. The Bertz CT molecular complexity index is 530. The van der Waals surface area contributed by atoms with Crippen LogP contribution in [0.25, 0.3) is 0 Å². The molecule has 0 fully saturated rings. The lowest BCUT2D eigenvalue weighted by molar-refractivity contribution is 0.0520. The van der Waals surface area contributed by atoms with E-state index in [0.29, 0.717) is 4.60 Å². The van der Waals surface area contributed by atoms with Crippen LogP contribution in [-0.4, -0.2) is 32.2 Å². The standard InChI is InChI=1S/C9H11BrN2O4S/c1-3-16-9(13)8-6(12-17(2,14)15)4-5-7(10)11-8/h4-5,12H,3H2,1-2H3. The third-order valence-corrected chi connectivity index (χ3v) is 2.66. The molecule has 1 aromatic heterocycles. The molecule has 0 spiro atoms. The average Bonchev–Trinajstić information content (AvgIpc) is 2.19. The van der Waals surface area contributed by atoms with Crippen molar-refractivity contribution in [2.75, 3.05) is 17.6 Å².